The highest BCUT2D eigenvalue weighted by Crippen LogP contribution is 2.26. The third-order valence-electron chi connectivity index (χ3n) is 2.92. The summed E-state index contributed by atoms with van der Waals surface area (Å²) in [6.45, 7) is 6.94. The van der Waals surface area contributed by atoms with Gasteiger partial charge in [-0.2, -0.15) is 0 Å². The van der Waals surface area contributed by atoms with Gasteiger partial charge < -0.3 is 0 Å². The van der Waals surface area contributed by atoms with Crippen LogP contribution in [-0.2, 0) is 0 Å². The van der Waals surface area contributed by atoms with Crippen LogP contribution in [0, 0.1) is 5.92 Å². The Kier molecular flexibility index (Phi) is 4.01. The molecule has 0 saturated carbocycles. The van der Waals surface area contributed by atoms with Crippen LogP contribution < -0.4 is 0 Å². The van der Waals surface area contributed by atoms with Crippen LogP contribution >= 0.6 is 0 Å². The molecular weight excluding hydrogens is 156 g/mol. The molecule has 1 rings (SSSR count). The average molecular weight is 176 g/mol. The van der Waals surface area contributed by atoms with Crippen molar-refractivity contribution < 1.29 is 0 Å². The fourth-order valence-corrected chi connectivity index (χ4v) is 1.79. The highest BCUT2D eigenvalue weighted by atomic mass is 14.2. The van der Waals surface area contributed by atoms with Crippen LogP contribution in [0.5, 0.6) is 0 Å². The second kappa shape index (κ2) is 5.06. The molecular formula is C13H20. The van der Waals surface area contributed by atoms with Gasteiger partial charge in [-0.25, -0.2) is 0 Å². The summed E-state index contributed by atoms with van der Waals surface area (Å²) in [4.78, 5) is 0. The molecule has 0 aliphatic heterocycles. The topological polar surface area (TPSA) is 0 Å². The lowest BCUT2D eigenvalue weighted by molar-refractivity contribution is 0.448. The van der Waals surface area contributed by atoms with E-state index in [0.29, 0.717) is 5.92 Å². The predicted molar refractivity (Wildman–Crippen MR) is 58.9 cm³/mol. The van der Waals surface area contributed by atoms with Gasteiger partial charge in [0.1, 0.15) is 0 Å². The Morgan fingerprint density at radius 1 is 1.08 bits per heavy atom. The minimum absolute atomic E-state index is 0.696. The fourth-order valence-electron chi connectivity index (χ4n) is 1.79. The van der Waals surface area contributed by atoms with Crippen molar-refractivity contribution in [2.75, 3.05) is 0 Å². The Bertz CT molecular complexity index is 225. The first-order valence-electron chi connectivity index (χ1n) is 5.30. The normalized spacial score (nSPS) is 15.3. The minimum Gasteiger partial charge on any atom is -0.0654 e. The first-order valence-corrected chi connectivity index (χ1v) is 5.30. The Labute approximate surface area is 82.0 Å². The monoisotopic (exact) mass is 176 g/mol. The average Bonchev–Trinajstić information content (AvgIpc) is 2.18. The van der Waals surface area contributed by atoms with Crippen LogP contribution in [0.3, 0.4) is 0 Å². The zero-order chi connectivity index (χ0) is 9.68. The van der Waals surface area contributed by atoms with E-state index >= 15 is 0 Å². The maximum atomic E-state index is 2.35. The quantitative estimate of drug-likeness (QED) is 0.644. The van der Waals surface area contributed by atoms with Gasteiger partial charge in [-0.15, -0.1) is 0 Å². The molecule has 1 aromatic rings. The van der Waals surface area contributed by atoms with Crippen LogP contribution in [0.1, 0.15) is 45.1 Å². The molecule has 0 nitrogen and oxygen atoms in total. The third kappa shape index (κ3) is 2.87. The van der Waals surface area contributed by atoms with Crippen molar-refractivity contribution in [2.24, 2.45) is 5.92 Å². The van der Waals surface area contributed by atoms with Gasteiger partial charge in [0, 0.05) is 0 Å². The lowest BCUT2D eigenvalue weighted by atomic mass is 9.86. The van der Waals surface area contributed by atoms with E-state index in [9.17, 15) is 0 Å². The van der Waals surface area contributed by atoms with Gasteiger partial charge in [0.25, 0.3) is 0 Å². The molecule has 72 valence electrons. The second-order valence-corrected chi connectivity index (χ2v) is 3.97. The molecule has 0 fully saturated rings. The molecule has 0 spiro atoms. The molecule has 0 N–H and O–H groups in total. The van der Waals surface area contributed by atoms with Gasteiger partial charge in [0.2, 0.25) is 0 Å². The van der Waals surface area contributed by atoms with Crippen molar-refractivity contribution in [1.29, 1.82) is 0 Å². The van der Waals surface area contributed by atoms with Crippen LogP contribution in [0.15, 0.2) is 30.3 Å². The Morgan fingerprint density at radius 3 is 2.23 bits per heavy atom. The fraction of sp³-hybridized carbons (Fsp3) is 0.538. The Balaban J connectivity index is 2.62. The molecule has 13 heavy (non-hydrogen) atoms. The van der Waals surface area contributed by atoms with E-state index in [-0.39, 0.29) is 0 Å². The molecule has 0 aliphatic carbocycles. The third-order valence-corrected chi connectivity index (χ3v) is 2.92. The first kappa shape index (κ1) is 10.3. The summed E-state index contributed by atoms with van der Waals surface area (Å²) in [6.07, 6.45) is 2.62. The van der Waals surface area contributed by atoms with Crippen LogP contribution in [0.4, 0.5) is 0 Å². The van der Waals surface area contributed by atoms with Crippen LogP contribution in [0.25, 0.3) is 0 Å². The van der Waals surface area contributed by atoms with Gasteiger partial charge in [0.15, 0.2) is 0 Å². The summed E-state index contributed by atoms with van der Waals surface area (Å²) in [5, 5.41) is 0. The van der Waals surface area contributed by atoms with Crippen molar-refractivity contribution in [1.82, 2.24) is 0 Å². The molecule has 1 aromatic carbocycles. The SMILES string of the molecule is CCCC(C)C(C)c1ccccc1. The molecule has 0 bridgehead atoms. The van der Waals surface area contributed by atoms with E-state index in [4.69, 9.17) is 0 Å². The van der Waals surface area contributed by atoms with Crippen molar-refractivity contribution in [3.8, 4) is 0 Å². The molecule has 0 aromatic heterocycles. The van der Waals surface area contributed by atoms with Gasteiger partial charge in [-0.05, 0) is 17.4 Å². The first-order chi connectivity index (χ1) is 6.25. The smallest absolute Gasteiger partial charge is 0.0165 e. The highest BCUT2D eigenvalue weighted by Gasteiger charge is 2.12. The summed E-state index contributed by atoms with van der Waals surface area (Å²) in [7, 11) is 0. The van der Waals surface area contributed by atoms with Crippen molar-refractivity contribution >= 4 is 0 Å². The van der Waals surface area contributed by atoms with E-state index in [0.717, 1.165) is 5.92 Å². The minimum atomic E-state index is 0.696. The molecule has 0 amide bonds. The molecule has 2 unspecified atom stereocenters. The molecule has 0 saturated heterocycles. The van der Waals surface area contributed by atoms with Crippen molar-refractivity contribution in [3.63, 3.8) is 0 Å². The van der Waals surface area contributed by atoms with E-state index < -0.39 is 0 Å². The second-order valence-electron chi connectivity index (χ2n) is 3.97. The van der Waals surface area contributed by atoms with E-state index in [1.54, 1.807) is 0 Å². The maximum Gasteiger partial charge on any atom is -0.0165 e. The highest BCUT2D eigenvalue weighted by molar-refractivity contribution is 5.19. The summed E-state index contributed by atoms with van der Waals surface area (Å²) in [6, 6.07) is 10.8. The number of rotatable bonds is 4. The summed E-state index contributed by atoms with van der Waals surface area (Å²) in [5.74, 6) is 1.49. The molecule has 0 heterocycles. The van der Waals surface area contributed by atoms with Crippen molar-refractivity contribution in [2.45, 2.75) is 39.5 Å². The number of hydrogen-bond donors (Lipinski definition) is 0. The lowest BCUT2D eigenvalue weighted by Gasteiger charge is -2.19. The zero-order valence-electron chi connectivity index (χ0n) is 8.96. The summed E-state index contributed by atoms with van der Waals surface area (Å²) < 4.78 is 0. The Hall–Kier alpha value is -0.780. The van der Waals surface area contributed by atoms with E-state index in [1.165, 1.54) is 18.4 Å². The van der Waals surface area contributed by atoms with Gasteiger partial charge in [-0.3, -0.25) is 0 Å². The molecule has 0 aliphatic rings. The molecule has 0 heteroatoms. The standard InChI is InChI=1S/C13H20/c1-4-8-11(2)12(3)13-9-6-5-7-10-13/h5-7,9-12H,4,8H2,1-3H3. The van der Waals surface area contributed by atoms with Crippen LogP contribution in [-0.4, -0.2) is 0 Å². The lowest BCUT2D eigenvalue weighted by Crippen LogP contribution is -2.05. The number of hydrogen-bond acceptors (Lipinski definition) is 0. The van der Waals surface area contributed by atoms with E-state index in [1.807, 2.05) is 0 Å². The largest absolute Gasteiger partial charge is 0.0654 e. The Morgan fingerprint density at radius 2 is 1.69 bits per heavy atom. The summed E-state index contributed by atoms with van der Waals surface area (Å²) in [5.41, 5.74) is 1.48. The molecule has 2 atom stereocenters. The summed E-state index contributed by atoms with van der Waals surface area (Å²) >= 11 is 0. The maximum absolute atomic E-state index is 2.35. The van der Waals surface area contributed by atoms with Crippen molar-refractivity contribution in [3.05, 3.63) is 35.9 Å². The zero-order valence-corrected chi connectivity index (χ0v) is 8.96. The van der Waals surface area contributed by atoms with Crippen LogP contribution in [0.2, 0.25) is 0 Å². The van der Waals surface area contributed by atoms with Gasteiger partial charge in [-0.1, -0.05) is 63.9 Å². The number of benzene rings is 1. The van der Waals surface area contributed by atoms with Gasteiger partial charge in [0.05, 0.1) is 0 Å². The predicted octanol–water partition coefficient (Wildman–Crippen LogP) is 4.23. The van der Waals surface area contributed by atoms with E-state index in [2.05, 4.69) is 51.1 Å². The van der Waals surface area contributed by atoms with Gasteiger partial charge >= 0.3 is 0 Å². The molecule has 0 radical (unpaired) electrons.